The second-order valence-corrected chi connectivity index (χ2v) is 11.1. The maximum Gasteiger partial charge on any atom is 0.338 e. The Morgan fingerprint density at radius 3 is 1.37 bits per heavy atom. The second kappa shape index (κ2) is 18.0. The summed E-state index contributed by atoms with van der Waals surface area (Å²) in [4.78, 5) is 30.2. The van der Waals surface area contributed by atoms with Crippen molar-refractivity contribution in [3.05, 3.63) is 58.7 Å². The third-order valence-electron chi connectivity index (χ3n) is 8.35. The van der Waals surface area contributed by atoms with E-state index in [4.69, 9.17) is 9.47 Å². The second-order valence-electron chi connectivity index (χ2n) is 11.1. The van der Waals surface area contributed by atoms with E-state index in [1.54, 1.807) is 0 Å². The van der Waals surface area contributed by atoms with Crippen LogP contribution in [0.15, 0.2) is 36.4 Å². The molecule has 1 aliphatic carbocycles. The van der Waals surface area contributed by atoms with Gasteiger partial charge in [-0.25, -0.2) is 9.59 Å². The summed E-state index contributed by atoms with van der Waals surface area (Å²) in [6.07, 6.45) is 9.37. The largest absolute Gasteiger partial charge is 0.462 e. The lowest BCUT2D eigenvalue weighted by Crippen LogP contribution is -2.23. The summed E-state index contributed by atoms with van der Waals surface area (Å²) in [5.41, 5.74) is 5.62. The Morgan fingerprint density at radius 2 is 0.976 bits per heavy atom. The number of carbonyl (C=O) groups excluding carboxylic acids is 2. The van der Waals surface area contributed by atoms with Gasteiger partial charge in [-0.2, -0.15) is 0 Å². The van der Waals surface area contributed by atoms with Crippen molar-refractivity contribution in [1.29, 1.82) is 0 Å². The van der Waals surface area contributed by atoms with Crippen molar-refractivity contribution >= 4 is 11.9 Å². The smallest absolute Gasteiger partial charge is 0.338 e. The van der Waals surface area contributed by atoms with Crippen LogP contribution in [0.4, 0.5) is 0 Å². The van der Waals surface area contributed by atoms with Crippen LogP contribution in [-0.2, 0) is 15.9 Å². The van der Waals surface area contributed by atoms with E-state index in [-0.39, 0.29) is 11.9 Å². The van der Waals surface area contributed by atoms with Gasteiger partial charge in [0.2, 0.25) is 0 Å². The molecule has 0 fully saturated rings. The molecule has 0 saturated heterocycles. The zero-order chi connectivity index (χ0) is 29.5. The molecule has 226 valence electrons. The molecule has 0 heterocycles. The Bertz CT molecular complexity index is 1010. The van der Waals surface area contributed by atoms with Crippen LogP contribution in [0.1, 0.15) is 111 Å². The van der Waals surface area contributed by atoms with E-state index in [1.807, 2.05) is 36.4 Å². The Labute approximate surface area is 248 Å². The van der Waals surface area contributed by atoms with E-state index in [0.29, 0.717) is 30.8 Å². The van der Waals surface area contributed by atoms with Gasteiger partial charge >= 0.3 is 11.9 Å². The number of esters is 2. The normalized spacial score (nSPS) is 12.0. The highest BCUT2D eigenvalue weighted by Crippen LogP contribution is 2.37. The van der Waals surface area contributed by atoms with Crippen LogP contribution in [0.5, 0.6) is 0 Å². The molecule has 6 heteroatoms. The van der Waals surface area contributed by atoms with E-state index in [2.05, 4.69) is 37.5 Å². The number of unbranched alkanes of at least 4 members (excludes halogenated alkanes) is 6. The summed E-state index contributed by atoms with van der Waals surface area (Å²) >= 11 is 0. The molecule has 0 aromatic heterocycles. The summed E-state index contributed by atoms with van der Waals surface area (Å²) in [5, 5.41) is 0. The van der Waals surface area contributed by atoms with Crippen molar-refractivity contribution in [2.75, 3.05) is 52.5 Å². The van der Waals surface area contributed by atoms with Crippen molar-refractivity contribution in [3.63, 3.8) is 0 Å². The highest BCUT2D eigenvalue weighted by Gasteiger charge is 2.22. The zero-order valence-corrected chi connectivity index (χ0v) is 26.0. The quantitative estimate of drug-likeness (QED) is 0.105. The van der Waals surface area contributed by atoms with Gasteiger partial charge in [0.15, 0.2) is 0 Å². The van der Waals surface area contributed by atoms with Gasteiger partial charge in [0.1, 0.15) is 0 Å². The van der Waals surface area contributed by atoms with E-state index in [9.17, 15) is 9.59 Å². The van der Waals surface area contributed by atoms with E-state index in [1.165, 1.54) is 12.8 Å². The maximum atomic E-state index is 12.7. The number of rotatable bonds is 20. The molecule has 0 unspecified atom stereocenters. The minimum absolute atomic E-state index is 0.260. The molecule has 0 aliphatic heterocycles. The predicted molar refractivity (Wildman–Crippen MR) is 168 cm³/mol. The van der Waals surface area contributed by atoms with E-state index in [0.717, 1.165) is 100 Å². The van der Waals surface area contributed by atoms with Crippen LogP contribution in [0.2, 0.25) is 0 Å². The predicted octanol–water partition coefficient (Wildman–Crippen LogP) is 7.38. The molecule has 1 aliphatic rings. The molecule has 3 rings (SSSR count). The lowest BCUT2D eigenvalue weighted by atomic mass is 10.0. The lowest BCUT2D eigenvalue weighted by molar-refractivity contribution is 0.0488. The Kier molecular flexibility index (Phi) is 14.4. The highest BCUT2D eigenvalue weighted by atomic mass is 16.5. The molecule has 41 heavy (non-hydrogen) atoms. The Hall–Kier alpha value is -2.70. The molecule has 2 aromatic carbocycles. The Morgan fingerprint density at radius 1 is 0.585 bits per heavy atom. The zero-order valence-electron chi connectivity index (χ0n) is 26.0. The van der Waals surface area contributed by atoms with Gasteiger partial charge in [-0.1, -0.05) is 65.5 Å². The van der Waals surface area contributed by atoms with E-state index < -0.39 is 0 Å². The first-order valence-electron chi connectivity index (χ1n) is 16.1. The molecule has 0 bridgehead atoms. The van der Waals surface area contributed by atoms with Gasteiger partial charge < -0.3 is 19.3 Å². The van der Waals surface area contributed by atoms with Gasteiger partial charge in [-0.15, -0.1) is 0 Å². The minimum atomic E-state index is -0.260. The van der Waals surface area contributed by atoms with Gasteiger partial charge in [0.25, 0.3) is 0 Å². The van der Waals surface area contributed by atoms with Crippen LogP contribution in [0, 0.1) is 0 Å². The van der Waals surface area contributed by atoms with Crippen molar-refractivity contribution in [2.24, 2.45) is 0 Å². The van der Waals surface area contributed by atoms with Crippen molar-refractivity contribution in [1.82, 2.24) is 9.80 Å². The van der Waals surface area contributed by atoms with Crippen molar-refractivity contribution in [3.8, 4) is 11.1 Å². The summed E-state index contributed by atoms with van der Waals surface area (Å²) in [6.45, 7) is 16.4. The topological polar surface area (TPSA) is 59.1 Å². The number of hydrogen-bond donors (Lipinski definition) is 0. The van der Waals surface area contributed by atoms with Crippen LogP contribution < -0.4 is 0 Å². The molecule has 0 spiro atoms. The third kappa shape index (κ3) is 10.3. The first-order valence-corrected chi connectivity index (χ1v) is 16.1. The van der Waals surface area contributed by atoms with Crippen molar-refractivity contribution < 1.29 is 19.1 Å². The molecular weight excluding hydrogens is 512 g/mol. The standard InChI is InChI=1S/C35H52N2O4/c1-5-36(6-2)21-13-9-11-15-23-40-34(38)28-17-19-32-30(25-28)27-31-26-29(18-20-33(31)32)35(39)41-24-16-12-10-14-22-37(7-3)8-4/h17-20,25-26H,5-16,21-24,27H2,1-4H3. The number of hydrogen-bond acceptors (Lipinski definition) is 6. The molecule has 6 nitrogen and oxygen atoms in total. The fourth-order valence-corrected chi connectivity index (χ4v) is 5.62. The fourth-order valence-electron chi connectivity index (χ4n) is 5.62. The van der Waals surface area contributed by atoms with Gasteiger partial charge in [-0.3, -0.25) is 0 Å². The first-order chi connectivity index (χ1) is 20.0. The average molecular weight is 565 g/mol. The summed E-state index contributed by atoms with van der Waals surface area (Å²) in [7, 11) is 0. The monoisotopic (exact) mass is 564 g/mol. The van der Waals surface area contributed by atoms with Crippen LogP contribution in [0.25, 0.3) is 11.1 Å². The Balaban J connectivity index is 1.39. The summed E-state index contributed by atoms with van der Waals surface area (Å²) < 4.78 is 11.1. The van der Waals surface area contributed by atoms with Gasteiger partial charge in [-0.05, 0) is 118 Å². The molecule has 0 amide bonds. The molecule has 2 aromatic rings. The summed E-state index contributed by atoms with van der Waals surface area (Å²) in [5.74, 6) is -0.520. The fraction of sp³-hybridized carbons (Fsp3) is 0.600. The summed E-state index contributed by atoms with van der Waals surface area (Å²) in [6, 6.07) is 11.6. The van der Waals surface area contributed by atoms with Gasteiger partial charge in [0, 0.05) is 0 Å². The number of benzene rings is 2. The third-order valence-corrected chi connectivity index (χ3v) is 8.35. The number of fused-ring (bicyclic) bond motifs is 3. The van der Waals surface area contributed by atoms with Crippen molar-refractivity contribution in [2.45, 2.75) is 85.5 Å². The van der Waals surface area contributed by atoms with E-state index >= 15 is 0 Å². The number of carbonyl (C=O) groups is 2. The van der Waals surface area contributed by atoms with Gasteiger partial charge in [0.05, 0.1) is 24.3 Å². The molecule has 0 N–H and O–H groups in total. The van der Waals surface area contributed by atoms with Crippen LogP contribution in [-0.4, -0.2) is 74.2 Å². The number of nitrogens with zero attached hydrogens (tertiary/aromatic N) is 2. The van der Waals surface area contributed by atoms with Crippen LogP contribution in [0.3, 0.4) is 0 Å². The first kappa shape index (κ1) is 32.8. The molecule has 0 saturated carbocycles. The average Bonchev–Trinajstić information content (AvgIpc) is 3.37. The molecule has 0 atom stereocenters. The molecule has 0 radical (unpaired) electrons. The molecular formula is C35H52N2O4. The number of ether oxygens (including phenoxy) is 2. The maximum absolute atomic E-state index is 12.7. The van der Waals surface area contributed by atoms with Crippen LogP contribution >= 0.6 is 0 Å². The minimum Gasteiger partial charge on any atom is -0.462 e. The highest BCUT2D eigenvalue weighted by molar-refractivity contribution is 5.93. The lowest BCUT2D eigenvalue weighted by Gasteiger charge is -2.17. The SMILES string of the molecule is CCN(CC)CCCCCCOC(=O)c1ccc2c(c1)Cc1cc(C(=O)OCCCCCCN(CC)CC)ccc1-2.